The van der Waals surface area contributed by atoms with Crippen LogP contribution in [0, 0.1) is 0 Å². The number of nitrogens with zero attached hydrogens (tertiary/aromatic N) is 2. The van der Waals surface area contributed by atoms with Gasteiger partial charge in [-0.15, -0.1) is 0 Å². The molecule has 1 fully saturated rings. The standard InChI is InChI=1S/C23H25N4O10P/c24-19-16(22(30)31)11-27(23(32)25-19)21-18(29)17(28)20(36-21)26-37-38(33,34-12-14-7-3-1-4-8-14)35-13-15-9-5-2-6-10-15/h1-11,17-18,20-21,26,28-29H,12-13H2,(H,30,31)(H2,24,25,32)/t17-,18+,20-,21+/m0/s1. The first-order valence-electron chi connectivity index (χ1n) is 11.2. The van der Waals surface area contributed by atoms with Gasteiger partial charge in [0.2, 0.25) is 0 Å². The monoisotopic (exact) mass is 548 g/mol. The Morgan fingerprint density at radius 2 is 1.58 bits per heavy atom. The Labute approximate surface area is 215 Å². The van der Waals surface area contributed by atoms with Crippen molar-refractivity contribution in [1.82, 2.24) is 15.0 Å². The van der Waals surface area contributed by atoms with Crippen molar-refractivity contribution in [2.75, 3.05) is 5.73 Å². The van der Waals surface area contributed by atoms with Gasteiger partial charge in [-0.05, 0) is 11.1 Å². The third-order valence-electron chi connectivity index (χ3n) is 5.47. The first-order chi connectivity index (χ1) is 18.2. The molecular weight excluding hydrogens is 523 g/mol. The highest BCUT2D eigenvalue weighted by molar-refractivity contribution is 7.48. The SMILES string of the molecule is Nc1nc(=O)n([C@@H]2O[C@H](NOP(=O)(OCc3ccccc3)OCc3ccccc3)[C@@H](O)[C@H]2O)cc1C(=O)O. The number of anilines is 1. The van der Waals surface area contributed by atoms with E-state index in [2.05, 4.69) is 10.5 Å². The molecule has 1 aromatic heterocycles. The Balaban J connectivity index is 1.48. The van der Waals surface area contributed by atoms with Crippen LogP contribution in [0.15, 0.2) is 71.7 Å². The summed E-state index contributed by atoms with van der Waals surface area (Å²) in [4.78, 5) is 27.1. The normalized spacial score (nSPS) is 21.4. The number of carboxylic acids is 1. The van der Waals surface area contributed by atoms with E-state index in [1.807, 2.05) is 0 Å². The van der Waals surface area contributed by atoms with Crippen molar-refractivity contribution in [2.45, 2.75) is 37.9 Å². The molecule has 0 spiro atoms. The third-order valence-corrected chi connectivity index (χ3v) is 6.69. The first kappa shape index (κ1) is 27.6. The molecule has 6 N–H and O–H groups in total. The van der Waals surface area contributed by atoms with Gasteiger partial charge in [0.15, 0.2) is 12.5 Å². The number of carbonyl (C=O) groups is 1. The van der Waals surface area contributed by atoms with Crippen LogP contribution in [-0.2, 0) is 36.2 Å². The number of aromatic carboxylic acids is 1. The largest absolute Gasteiger partial charge is 0.492 e. The zero-order chi connectivity index (χ0) is 27.3. The van der Waals surface area contributed by atoms with E-state index in [1.165, 1.54) is 0 Å². The molecule has 1 aliphatic heterocycles. The molecule has 38 heavy (non-hydrogen) atoms. The Bertz CT molecular complexity index is 1310. The minimum atomic E-state index is -4.34. The Hall–Kier alpha value is -3.46. The molecule has 0 saturated carbocycles. The van der Waals surface area contributed by atoms with Gasteiger partial charge in [-0.2, -0.15) is 15.1 Å². The average molecular weight is 548 g/mol. The number of nitrogens with one attached hydrogen (secondary N) is 1. The highest BCUT2D eigenvalue weighted by atomic mass is 31.2. The van der Waals surface area contributed by atoms with Crippen molar-refractivity contribution in [3.05, 3.63) is 94.0 Å². The fourth-order valence-corrected chi connectivity index (χ4v) is 4.50. The molecule has 0 amide bonds. The molecule has 0 unspecified atom stereocenters. The number of hydrogen-bond acceptors (Lipinski definition) is 12. The number of phosphoric acid groups is 1. The zero-order valence-corrected chi connectivity index (χ0v) is 20.6. The highest BCUT2D eigenvalue weighted by Gasteiger charge is 2.46. The van der Waals surface area contributed by atoms with Crippen molar-refractivity contribution in [1.29, 1.82) is 0 Å². The maximum absolute atomic E-state index is 13.4. The highest BCUT2D eigenvalue weighted by Crippen LogP contribution is 2.50. The molecule has 3 aromatic rings. The summed E-state index contributed by atoms with van der Waals surface area (Å²) in [5, 5.41) is 30.2. The molecule has 4 atom stereocenters. The van der Waals surface area contributed by atoms with Crippen LogP contribution in [-0.4, -0.2) is 49.3 Å². The van der Waals surface area contributed by atoms with E-state index >= 15 is 0 Å². The topological polar surface area (TPSA) is 205 Å². The molecule has 202 valence electrons. The summed E-state index contributed by atoms with van der Waals surface area (Å²) in [5.74, 6) is -2.00. The van der Waals surface area contributed by atoms with Crippen LogP contribution >= 0.6 is 7.82 Å². The fourth-order valence-electron chi connectivity index (χ4n) is 3.48. The smallest absolute Gasteiger partial charge is 0.478 e. The second-order valence-corrected chi connectivity index (χ2v) is 9.73. The van der Waals surface area contributed by atoms with Crippen LogP contribution < -0.4 is 16.9 Å². The average Bonchev–Trinajstić information content (AvgIpc) is 3.19. The van der Waals surface area contributed by atoms with Crippen LogP contribution in [0.2, 0.25) is 0 Å². The number of benzene rings is 2. The lowest BCUT2D eigenvalue weighted by molar-refractivity contribution is -0.0985. The number of rotatable bonds is 11. The Kier molecular flexibility index (Phi) is 8.66. The van der Waals surface area contributed by atoms with E-state index in [1.54, 1.807) is 60.7 Å². The maximum atomic E-state index is 13.4. The summed E-state index contributed by atoms with van der Waals surface area (Å²) in [6, 6.07) is 17.6. The van der Waals surface area contributed by atoms with E-state index in [0.29, 0.717) is 15.7 Å². The van der Waals surface area contributed by atoms with Crippen LogP contribution in [0.3, 0.4) is 0 Å². The maximum Gasteiger partial charge on any atom is 0.492 e. The summed E-state index contributed by atoms with van der Waals surface area (Å²) < 4.78 is 35.6. The molecule has 1 saturated heterocycles. The van der Waals surface area contributed by atoms with Crippen molar-refractivity contribution in [3.8, 4) is 0 Å². The fraction of sp³-hybridized carbons (Fsp3) is 0.261. The van der Waals surface area contributed by atoms with Crippen molar-refractivity contribution in [2.24, 2.45) is 0 Å². The van der Waals surface area contributed by atoms with E-state index in [-0.39, 0.29) is 13.2 Å². The number of hydrogen-bond donors (Lipinski definition) is 5. The molecule has 14 nitrogen and oxygen atoms in total. The summed E-state index contributed by atoms with van der Waals surface area (Å²) in [7, 11) is -4.34. The summed E-state index contributed by atoms with van der Waals surface area (Å²) >= 11 is 0. The van der Waals surface area contributed by atoms with Gasteiger partial charge in [-0.25, -0.2) is 14.2 Å². The summed E-state index contributed by atoms with van der Waals surface area (Å²) in [5.41, 5.74) is 7.49. The predicted octanol–water partition coefficient (Wildman–Crippen LogP) is 1.16. The number of aliphatic hydroxyl groups is 2. The van der Waals surface area contributed by atoms with Gasteiger partial charge >= 0.3 is 19.5 Å². The van der Waals surface area contributed by atoms with Crippen LogP contribution in [0.4, 0.5) is 5.82 Å². The first-order valence-corrected chi connectivity index (χ1v) is 12.7. The molecule has 0 bridgehead atoms. The molecule has 4 rings (SSSR count). The second kappa shape index (κ2) is 11.9. The number of ether oxygens (including phenoxy) is 1. The summed E-state index contributed by atoms with van der Waals surface area (Å²) in [6.45, 7) is -0.281. The molecule has 1 aliphatic rings. The number of carboxylic acid groups (broad SMARTS) is 1. The van der Waals surface area contributed by atoms with Crippen molar-refractivity contribution >= 4 is 19.6 Å². The lowest BCUT2D eigenvalue weighted by atomic mass is 10.2. The predicted molar refractivity (Wildman–Crippen MR) is 130 cm³/mol. The van der Waals surface area contributed by atoms with Gasteiger partial charge in [-0.1, -0.05) is 60.7 Å². The third kappa shape index (κ3) is 6.51. The number of nitrogens with two attached hydrogens (primary N) is 1. The quantitative estimate of drug-likeness (QED) is 0.169. The van der Waals surface area contributed by atoms with Crippen LogP contribution in [0.1, 0.15) is 27.7 Å². The minimum absolute atomic E-state index is 0.140. The number of aliphatic hydroxyl groups excluding tert-OH is 2. The molecule has 2 aromatic carbocycles. The van der Waals surface area contributed by atoms with E-state index < -0.39 is 55.5 Å². The van der Waals surface area contributed by atoms with Crippen molar-refractivity contribution < 1.29 is 43.1 Å². The molecule has 15 heteroatoms. The minimum Gasteiger partial charge on any atom is -0.478 e. The van der Waals surface area contributed by atoms with E-state index in [0.717, 1.165) is 6.20 Å². The number of nitrogen functional groups attached to an aromatic ring is 1. The Morgan fingerprint density at radius 3 is 2.11 bits per heavy atom. The molecule has 0 aliphatic carbocycles. The number of phosphoric ester groups is 1. The van der Waals surface area contributed by atoms with Gasteiger partial charge < -0.3 is 25.8 Å². The van der Waals surface area contributed by atoms with Gasteiger partial charge in [0, 0.05) is 6.20 Å². The second-order valence-electron chi connectivity index (χ2n) is 8.14. The molecule has 0 radical (unpaired) electrons. The van der Waals surface area contributed by atoms with E-state index in [9.17, 15) is 29.5 Å². The van der Waals surface area contributed by atoms with Crippen molar-refractivity contribution in [3.63, 3.8) is 0 Å². The Morgan fingerprint density at radius 1 is 1.03 bits per heavy atom. The molecular formula is C23H25N4O10P. The lowest BCUT2D eigenvalue weighted by Gasteiger charge is -2.21. The van der Waals surface area contributed by atoms with E-state index in [4.69, 9.17) is 24.1 Å². The van der Waals surface area contributed by atoms with Crippen LogP contribution in [0.25, 0.3) is 0 Å². The van der Waals surface area contributed by atoms with Gasteiger partial charge in [0.05, 0.1) is 13.2 Å². The van der Waals surface area contributed by atoms with Gasteiger partial charge in [-0.3, -0.25) is 13.6 Å². The number of hydroxylamine groups is 1. The summed E-state index contributed by atoms with van der Waals surface area (Å²) in [6.07, 6.45) is -5.75. The number of aromatic nitrogens is 2. The molecule has 2 heterocycles. The lowest BCUT2D eigenvalue weighted by Crippen LogP contribution is -2.40. The zero-order valence-electron chi connectivity index (χ0n) is 19.7. The van der Waals surface area contributed by atoms with Crippen LogP contribution in [0.5, 0.6) is 0 Å². The van der Waals surface area contributed by atoms with Gasteiger partial charge in [0.25, 0.3) is 0 Å². The van der Waals surface area contributed by atoms with Gasteiger partial charge in [0.1, 0.15) is 23.6 Å².